The van der Waals surface area contributed by atoms with Gasteiger partial charge in [-0.05, 0) is 19.3 Å². The summed E-state index contributed by atoms with van der Waals surface area (Å²) in [7, 11) is 0. The van der Waals surface area contributed by atoms with Crippen molar-refractivity contribution in [1.29, 1.82) is 0 Å². The summed E-state index contributed by atoms with van der Waals surface area (Å²) in [5.41, 5.74) is 7.00. The summed E-state index contributed by atoms with van der Waals surface area (Å²) < 4.78 is 5.64. The molecule has 2 N–H and O–H groups in total. The van der Waals surface area contributed by atoms with Crippen LogP contribution in [0.3, 0.4) is 0 Å². The zero-order valence-electron chi connectivity index (χ0n) is 10.5. The minimum absolute atomic E-state index is 0.177. The van der Waals surface area contributed by atoms with Crippen LogP contribution in [0.15, 0.2) is 5.38 Å². The number of thiazole rings is 1. The molecule has 0 aromatic carbocycles. The van der Waals surface area contributed by atoms with Crippen molar-refractivity contribution in [2.24, 2.45) is 5.73 Å². The van der Waals surface area contributed by atoms with Crippen molar-refractivity contribution in [3.63, 3.8) is 0 Å². The molecular weight excluding hydrogens is 220 g/mol. The standard InChI is InChI=1S/C12H22N2OS/c1-4-11-14-10(8-16-11)7-15-9-12(13,5-2)6-3/h8H,4-7,9,13H2,1-3H3. The van der Waals surface area contributed by atoms with Crippen LogP contribution in [-0.4, -0.2) is 17.1 Å². The van der Waals surface area contributed by atoms with Crippen LogP contribution in [0.25, 0.3) is 0 Å². The molecule has 16 heavy (non-hydrogen) atoms. The summed E-state index contributed by atoms with van der Waals surface area (Å²) in [6.45, 7) is 7.51. The predicted octanol–water partition coefficient (Wildman–Crippen LogP) is 2.74. The lowest BCUT2D eigenvalue weighted by atomic mass is 9.96. The number of aryl methyl sites for hydroxylation is 1. The van der Waals surface area contributed by atoms with E-state index in [0.717, 1.165) is 25.0 Å². The summed E-state index contributed by atoms with van der Waals surface area (Å²) in [4.78, 5) is 4.45. The molecule has 3 nitrogen and oxygen atoms in total. The predicted molar refractivity (Wildman–Crippen MR) is 68.6 cm³/mol. The summed E-state index contributed by atoms with van der Waals surface area (Å²) >= 11 is 1.70. The summed E-state index contributed by atoms with van der Waals surface area (Å²) in [5.74, 6) is 0. The minimum Gasteiger partial charge on any atom is -0.373 e. The summed E-state index contributed by atoms with van der Waals surface area (Å²) in [5, 5.41) is 3.23. The zero-order valence-corrected chi connectivity index (χ0v) is 11.3. The fourth-order valence-electron chi connectivity index (χ4n) is 1.39. The van der Waals surface area contributed by atoms with Crippen molar-refractivity contribution in [1.82, 2.24) is 4.98 Å². The molecule has 0 amide bonds. The van der Waals surface area contributed by atoms with E-state index in [-0.39, 0.29) is 5.54 Å². The zero-order chi connectivity index (χ0) is 12.0. The molecule has 1 aromatic rings. The van der Waals surface area contributed by atoms with Gasteiger partial charge in [0, 0.05) is 10.9 Å². The van der Waals surface area contributed by atoms with Crippen LogP contribution >= 0.6 is 11.3 Å². The van der Waals surface area contributed by atoms with Crippen molar-refractivity contribution in [2.75, 3.05) is 6.61 Å². The Kier molecular flexibility index (Phi) is 5.38. The molecule has 0 aliphatic rings. The van der Waals surface area contributed by atoms with Gasteiger partial charge in [-0.25, -0.2) is 4.98 Å². The van der Waals surface area contributed by atoms with Crippen LogP contribution in [0.4, 0.5) is 0 Å². The van der Waals surface area contributed by atoms with Gasteiger partial charge in [0.1, 0.15) is 0 Å². The average Bonchev–Trinajstić information content (AvgIpc) is 2.77. The fourth-order valence-corrected chi connectivity index (χ4v) is 2.12. The first kappa shape index (κ1) is 13.6. The van der Waals surface area contributed by atoms with Gasteiger partial charge in [0.25, 0.3) is 0 Å². The third-order valence-electron chi connectivity index (χ3n) is 2.95. The number of nitrogens with two attached hydrogens (primary N) is 1. The summed E-state index contributed by atoms with van der Waals surface area (Å²) in [6.07, 6.45) is 2.89. The molecular formula is C12H22N2OS. The maximum atomic E-state index is 6.15. The third-order valence-corrected chi connectivity index (χ3v) is 3.99. The Labute approximate surface area is 102 Å². The molecule has 0 aliphatic heterocycles. The highest BCUT2D eigenvalue weighted by Gasteiger charge is 2.20. The number of nitrogens with zero attached hydrogens (tertiary/aromatic N) is 1. The van der Waals surface area contributed by atoms with E-state index in [9.17, 15) is 0 Å². The summed E-state index contributed by atoms with van der Waals surface area (Å²) in [6, 6.07) is 0. The van der Waals surface area contributed by atoms with E-state index in [2.05, 4.69) is 31.1 Å². The molecule has 0 aliphatic carbocycles. The van der Waals surface area contributed by atoms with E-state index < -0.39 is 0 Å². The van der Waals surface area contributed by atoms with Crippen LogP contribution in [0.5, 0.6) is 0 Å². The first-order chi connectivity index (χ1) is 7.63. The number of aromatic nitrogens is 1. The van der Waals surface area contributed by atoms with Crippen molar-refractivity contribution in [3.8, 4) is 0 Å². The van der Waals surface area contributed by atoms with E-state index >= 15 is 0 Å². The Balaban J connectivity index is 2.35. The molecule has 0 radical (unpaired) electrons. The number of ether oxygens (including phenoxy) is 1. The quantitative estimate of drug-likeness (QED) is 0.799. The van der Waals surface area contributed by atoms with Crippen LogP contribution in [0.1, 0.15) is 44.3 Å². The lowest BCUT2D eigenvalue weighted by Gasteiger charge is -2.25. The topological polar surface area (TPSA) is 48.1 Å². The van der Waals surface area contributed by atoms with Crippen molar-refractivity contribution in [2.45, 2.75) is 52.2 Å². The van der Waals surface area contributed by atoms with E-state index in [0.29, 0.717) is 13.2 Å². The smallest absolute Gasteiger partial charge is 0.0926 e. The minimum atomic E-state index is -0.177. The van der Waals surface area contributed by atoms with Gasteiger partial charge in [0.05, 0.1) is 23.9 Å². The first-order valence-corrected chi connectivity index (χ1v) is 6.81. The molecule has 1 aromatic heterocycles. The van der Waals surface area contributed by atoms with Gasteiger partial charge in [0.15, 0.2) is 0 Å². The van der Waals surface area contributed by atoms with Crippen LogP contribution in [0, 0.1) is 0 Å². The van der Waals surface area contributed by atoms with Crippen LogP contribution < -0.4 is 5.73 Å². The van der Waals surface area contributed by atoms with Crippen LogP contribution in [0.2, 0.25) is 0 Å². The van der Waals surface area contributed by atoms with E-state index in [1.807, 2.05) is 0 Å². The second-order valence-corrected chi connectivity index (χ2v) is 5.09. The number of rotatable bonds is 7. The van der Waals surface area contributed by atoms with E-state index in [4.69, 9.17) is 10.5 Å². The van der Waals surface area contributed by atoms with Gasteiger partial charge in [-0.15, -0.1) is 11.3 Å². The fraction of sp³-hybridized carbons (Fsp3) is 0.750. The second kappa shape index (κ2) is 6.33. The molecule has 0 saturated heterocycles. The molecule has 0 fully saturated rings. The van der Waals surface area contributed by atoms with Gasteiger partial charge in [0.2, 0.25) is 0 Å². The Morgan fingerprint density at radius 3 is 2.56 bits per heavy atom. The molecule has 4 heteroatoms. The Bertz CT molecular complexity index is 308. The molecule has 1 heterocycles. The van der Waals surface area contributed by atoms with Crippen molar-refractivity contribution < 1.29 is 4.74 Å². The first-order valence-electron chi connectivity index (χ1n) is 5.93. The van der Waals surface area contributed by atoms with Gasteiger partial charge < -0.3 is 10.5 Å². The molecule has 0 unspecified atom stereocenters. The molecule has 1 rings (SSSR count). The molecule has 0 saturated carbocycles. The molecule has 0 spiro atoms. The Hall–Kier alpha value is -0.450. The number of hydrogen-bond donors (Lipinski definition) is 1. The highest BCUT2D eigenvalue weighted by molar-refractivity contribution is 7.09. The Morgan fingerprint density at radius 1 is 1.38 bits per heavy atom. The maximum absolute atomic E-state index is 6.15. The van der Waals surface area contributed by atoms with Gasteiger partial charge >= 0.3 is 0 Å². The average molecular weight is 242 g/mol. The maximum Gasteiger partial charge on any atom is 0.0926 e. The Morgan fingerprint density at radius 2 is 2.06 bits per heavy atom. The lowest BCUT2D eigenvalue weighted by Crippen LogP contribution is -2.43. The highest BCUT2D eigenvalue weighted by atomic mass is 32.1. The van der Waals surface area contributed by atoms with Gasteiger partial charge in [-0.3, -0.25) is 0 Å². The van der Waals surface area contributed by atoms with Crippen molar-refractivity contribution in [3.05, 3.63) is 16.1 Å². The van der Waals surface area contributed by atoms with Gasteiger partial charge in [-0.2, -0.15) is 0 Å². The third kappa shape index (κ3) is 3.85. The molecule has 92 valence electrons. The monoisotopic (exact) mass is 242 g/mol. The van der Waals surface area contributed by atoms with Crippen molar-refractivity contribution >= 4 is 11.3 Å². The van der Waals surface area contributed by atoms with E-state index in [1.165, 1.54) is 5.01 Å². The highest BCUT2D eigenvalue weighted by Crippen LogP contribution is 2.14. The second-order valence-electron chi connectivity index (χ2n) is 4.15. The molecule has 0 bridgehead atoms. The largest absolute Gasteiger partial charge is 0.373 e. The normalized spacial score (nSPS) is 12.0. The van der Waals surface area contributed by atoms with Crippen LogP contribution in [-0.2, 0) is 17.8 Å². The van der Waals surface area contributed by atoms with Gasteiger partial charge in [-0.1, -0.05) is 20.8 Å². The SMILES string of the molecule is CCc1nc(COCC(N)(CC)CC)cs1. The van der Waals surface area contributed by atoms with E-state index in [1.54, 1.807) is 11.3 Å². The lowest BCUT2D eigenvalue weighted by molar-refractivity contribution is 0.0680. The molecule has 0 atom stereocenters. The number of hydrogen-bond acceptors (Lipinski definition) is 4.